The van der Waals surface area contributed by atoms with Gasteiger partial charge in [-0.3, -0.25) is 0 Å². The number of nitrogens with two attached hydrogens (primary N) is 1. The number of anilines is 1. The molecule has 2 N–H and O–H groups in total. The van der Waals surface area contributed by atoms with Crippen LogP contribution < -0.4 is 5.73 Å². The number of hydrogen-bond donors (Lipinski definition) is 1. The first kappa shape index (κ1) is 11.5. The molecule has 0 amide bonds. The molecule has 0 saturated heterocycles. The Labute approximate surface area is 112 Å². The van der Waals surface area contributed by atoms with E-state index in [0.717, 1.165) is 16.1 Å². The van der Waals surface area contributed by atoms with Crippen molar-refractivity contribution in [2.24, 2.45) is 0 Å². The summed E-state index contributed by atoms with van der Waals surface area (Å²) in [6.45, 7) is 1.94. The van der Waals surface area contributed by atoms with E-state index in [4.69, 9.17) is 5.73 Å². The molecule has 0 aliphatic carbocycles. The van der Waals surface area contributed by atoms with Gasteiger partial charge in [-0.25, -0.2) is 4.98 Å². The highest BCUT2D eigenvalue weighted by Gasteiger charge is 2.15. The summed E-state index contributed by atoms with van der Waals surface area (Å²) in [5.74, 6) is 1.14. The molecule has 0 fully saturated rings. The molecule has 18 heavy (non-hydrogen) atoms. The number of nitrogens with zero attached hydrogens (tertiary/aromatic N) is 4. The Kier molecular flexibility index (Phi) is 2.71. The maximum absolute atomic E-state index is 6.20. The molecule has 0 atom stereocenters. The van der Waals surface area contributed by atoms with Gasteiger partial charge in [0.2, 0.25) is 5.16 Å². The van der Waals surface area contributed by atoms with Crippen molar-refractivity contribution < 1.29 is 0 Å². The largest absolute Gasteiger partial charge is 0.383 e. The third-order valence-electron chi connectivity index (χ3n) is 2.63. The summed E-state index contributed by atoms with van der Waals surface area (Å²) >= 11 is 3.12. The van der Waals surface area contributed by atoms with Gasteiger partial charge in [0.15, 0.2) is 0 Å². The second-order valence-electron chi connectivity index (χ2n) is 3.75. The van der Waals surface area contributed by atoms with Crippen LogP contribution >= 0.6 is 23.1 Å². The molecule has 7 heteroatoms. The van der Waals surface area contributed by atoms with Gasteiger partial charge >= 0.3 is 0 Å². The van der Waals surface area contributed by atoms with Crippen LogP contribution in [-0.2, 0) is 0 Å². The van der Waals surface area contributed by atoms with Crippen molar-refractivity contribution in [3.05, 3.63) is 23.2 Å². The fourth-order valence-electron chi connectivity index (χ4n) is 1.83. The quantitative estimate of drug-likeness (QED) is 0.729. The van der Waals surface area contributed by atoms with Crippen LogP contribution in [0, 0.1) is 6.92 Å². The number of hydrogen-bond acceptors (Lipinski definition) is 6. The predicted molar refractivity (Wildman–Crippen MR) is 75.0 cm³/mol. The molecular weight excluding hydrogens is 266 g/mol. The zero-order valence-electron chi connectivity index (χ0n) is 9.91. The van der Waals surface area contributed by atoms with Crippen LogP contribution in [0.15, 0.2) is 22.7 Å². The lowest BCUT2D eigenvalue weighted by atomic mass is 10.2. The molecule has 0 aliphatic rings. The summed E-state index contributed by atoms with van der Waals surface area (Å²) in [7, 11) is 0. The minimum absolute atomic E-state index is 0.551. The SMILES string of the molecule is CSc1nc2nc(C)c(-c3cccs3)c(N)n2n1. The van der Waals surface area contributed by atoms with Gasteiger partial charge in [0.25, 0.3) is 5.78 Å². The molecule has 0 unspecified atom stereocenters. The minimum atomic E-state index is 0.551. The van der Waals surface area contributed by atoms with Gasteiger partial charge < -0.3 is 5.73 Å². The van der Waals surface area contributed by atoms with E-state index in [1.165, 1.54) is 11.8 Å². The highest BCUT2D eigenvalue weighted by Crippen LogP contribution is 2.32. The fraction of sp³-hybridized carbons (Fsp3) is 0.182. The Morgan fingerprint density at radius 2 is 2.22 bits per heavy atom. The van der Waals surface area contributed by atoms with Crippen LogP contribution in [0.1, 0.15) is 5.69 Å². The standard InChI is InChI=1S/C11H11N5S2/c1-6-8(7-4-3-5-18-7)9(12)16-10(13-6)14-11(15-16)17-2/h3-5H,12H2,1-2H3. The number of thioether (sulfide) groups is 1. The van der Waals surface area contributed by atoms with Crippen molar-refractivity contribution in [1.29, 1.82) is 0 Å². The van der Waals surface area contributed by atoms with E-state index in [-0.39, 0.29) is 0 Å². The van der Waals surface area contributed by atoms with E-state index in [9.17, 15) is 0 Å². The zero-order valence-corrected chi connectivity index (χ0v) is 11.5. The van der Waals surface area contributed by atoms with E-state index in [1.54, 1.807) is 15.9 Å². The second kappa shape index (κ2) is 4.25. The van der Waals surface area contributed by atoms with Crippen molar-refractivity contribution >= 4 is 34.7 Å². The monoisotopic (exact) mass is 277 g/mol. The Morgan fingerprint density at radius 1 is 1.39 bits per heavy atom. The number of thiophene rings is 1. The molecule has 0 bridgehead atoms. The highest BCUT2D eigenvalue weighted by atomic mass is 32.2. The van der Waals surface area contributed by atoms with Crippen LogP contribution in [0.25, 0.3) is 16.2 Å². The van der Waals surface area contributed by atoms with E-state index in [0.29, 0.717) is 16.8 Å². The van der Waals surface area contributed by atoms with E-state index in [2.05, 4.69) is 15.1 Å². The van der Waals surface area contributed by atoms with Gasteiger partial charge in [0.05, 0.1) is 11.3 Å². The van der Waals surface area contributed by atoms with Crippen LogP contribution in [0.5, 0.6) is 0 Å². The number of rotatable bonds is 2. The summed E-state index contributed by atoms with van der Waals surface area (Å²) in [4.78, 5) is 9.86. The average Bonchev–Trinajstić information content (AvgIpc) is 2.97. The van der Waals surface area contributed by atoms with Crippen molar-refractivity contribution in [3.8, 4) is 10.4 Å². The first-order chi connectivity index (χ1) is 8.70. The average molecular weight is 277 g/mol. The number of aromatic nitrogens is 4. The lowest BCUT2D eigenvalue weighted by Gasteiger charge is -2.07. The third kappa shape index (κ3) is 1.67. The molecule has 0 saturated carbocycles. The molecule has 92 valence electrons. The summed E-state index contributed by atoms with van der Waals surface area (Å²) in [5, 5.41) is 7.03. The molecule has 0 aromatic carbocycles. The van der Waals surface area contributed by atoms with Crippen LogP contribution in [0.4, 0.5) is 5.82 Å². The van der Waals surface area contributed by atoms with Crippen molar-refractivity contribution in [2.75, 3.05) is 12.0 Å². The molecule has 3 heterocycles. The number of aryl methyl sites for hydroxylation is 1. The lowest BCUT2D eigenvalue weighted by molar-refractivity contribution is 0.888. The fourth-order valence-corrected chi connectivity index (χ4v) is 3.00. The Bertz CT molecular complexity index is 702. The summed E-state index contributed by atoms with van der Waals surface area (Å²) in [5.41, 5.74) is 8.01. The van der Waals surface area contributed by atoms with Gasteiger partial charge in [-0.05, 0) is 24.6 Å². The van der Waals surface area contributed by atoms with Gasteiger partial charge in [-0.15, -0.1) is 16.4 Å². The van der Waals surface area contributed by atoms with E-state index in [1.807, 2.05) is 30.7 Å². The van der Waals surface area contributed by atoms with Crippen molar-refractivity contribution in [1.82, 2.24) is 19.6 Å². The third-order valence-corrected chi connectivity index (χ3v) is 4.06. The molecule has 0 aliphatic heterocycles. The lowest BCUT2D eigenvalue weighted by Crippen LogP contribution is -2.05. The second-order valence-corrected chi connectivity index (χ2v) is 5.47. The Hall–Kier alpha value is -1.60. The predicted octanol–water partition coefficient (Wildman–Crippen LogP) is 2.47. The summed E-state index contributed by atoms with van der Waals surface area (Å²) in [6, 6.07) is 4.03. The van der Waals surface area contributed by atoms with E-state index < -0.39 is 0 Å². The van der Waals surface area contributed by atoms with Crippen LogP contribution in [0.3, 0.4) is 0 Å². The first-order valence-electron chi connectivity index (χ1n) is 5.31. The van der Waals surface area contributed by atoms with Gasteiger partial charge in [0.1, 0.15) is 5.82 Å². The highest BCUT2D eigenvalue weighted by molar-refractivity contribution is 7.98. The summed E-state index contributed by atoms with van der Waals surface area (Å²) < 4.78 is 1.61. The van der Waals surface area contributed by atoms with E-state index >= 15 is 0 Å². The topological polar surface area (TPSA) is 69.1 Å². The number of fused-ring (bicyclic) bond motifs is 1. The van der Waals surface area contributed by atoms with Gasteiger partial charge in [-0.2, -0.15) is 9.50 Å². The maximum atomic E-state index is 6.20. The van der Waals surface area contributed by atoms with Gasteiger partial charge in [0, 0.05) is 4.88 Å². The van der Waals surface area contributed by atoms with Crippen molar-refractivity contribution in [2.45, 2.75) is 12.1 Å². The zero-order chi connectivity index (χ0) is 12.7. The first-order valence-corrected chi connectivity index (χ1v) is 7.42. The minimum Gasteiger partial charge on any atom is -0.383 e. The molecule has 3 aromatic heterocycles. The molecule has 0 radical (unpaired) electrons. The molecule has 0 spiro atoms. The smallest absolute Gasteiger partial charge is 0.255 e. The molecule has 3 aromatic rings. The Balaban J connectivity index is 2.33. The maximum Gasteiger partial charge on any atom is 0.255 e. The Morgan fingerprint density at radius 3 is 2.89 bits per heavy atom. The molecule has 5 nitrogen and oxygen atoms in total. The van der Waals surface area contributed by atoms with Crippen LogP contribution in [0.2, 0.25) is 0 Å². The molecule has 3 rings (SSSR count). The number of nitrogen functional groups attached to an aromatic ring is 1. The van der Waals surface area contributed by atoms with Crippen LogP contribution in [-0.4, -0.2) is 25.8 Å². The van der Waals surface area contributed by atoms with Gasteiger partial charge in [-0.1, -0.05) is 17.8 Å². The normalized spacial score (nSPS) is 11.2. The summed E-state index contributed by atoms with van der Waals surface area (Å²) in [6.07, 6.45) is 1.93. The molecular formula is C11H11N5S2. The van der Waals surface area contributed by atoms with Crippen molar-refractivity contribution in [3.63, 3.8) is 0 Å².